The first-order chi connectivity index (χ1) is 9.49. The maximum Gasteiger partial charge on any atom is 0.326 e. The molecule has 1 N–H and O–H groups in total. The van der Waals surface area contributed by atoms with E-state index in [0.717, 1.165) is 16.0 Å². The molecule has 0 aliphatic carbocycles. The van der Waals surface area contributed by atoms with Crippen molar-refractivity contribution >= 4 is 28.7 Å². The van der Waals surface area contributed by atoms with Crippen LogP contribution < -0.4 is 0 Å². The van der Waals surface area contributed by atoms with Crippen molar-refractivity contribution < 1.29 is 14.5 Å². The van der Waals surface area contributed by atoms with Crippen molar-refractivity contribution in [1.82, 2.24) is 0 Å². The van der Waals surface area contributed by atoms with E-state index < -0.39 is 22.5 Å². The summed E-state index contributed by atoms with van der Waals surface area (Å²) in [5, 5.41) is 7.81. The van der Waals surface area contributed by atoms with Gasteiger partial charge in [0.05, 0.1) is 0 Å². The molecule has 3 nitrogen and oxygen atoms in total. The molecule has 0 heterocycles. The van der Waals surface area contributed by atoms with E-state index in [1.807, 2.05) is 36.4 Å². The summed E-state index contributed by atoms with van der Waals surface area (Å²) in [5.74, 6) is -1.06. The Labute approximate surface area is 125 Å². The van der Waals surface area contributed by atoms with E-state index in [1.54, 1.807) is 18.4 Å². The molecule has 2 aromatic carbocycles. The predicted octanol–water partition coefficient (Wildman–Crippen LogP) is 3.46. The predicted molar refractivity (Wildman–Crippen MR) is 80.4 cm³/mol. The van der Waals surface area contributed by atoms with Gasteiger partial charge in [-0.25, -0.2) is 0 Å². The highest BCUT2D eigenvalue weighted by Crippen LogP contribution is 2.26. The SMILES string of the molecule is C[S+]([O-])c1ccc(-c2ccc(C(Cl)C(=O)O)cc2)cc1. The number of rotatable bonds is 4. The molecule has 0 bridgehead atoms. The van der Waals surface area contributed by atoms with Gasteiger partial charge in [0, 0.05) is 0 Å². The van der Waals surface area contributed by atoms with E-state index in [9.17, 15) is 9.35 Å². The molecule has 104 valence electrons. The van der Waals surface area contributed by atoms with Gasteiger partial charge in [-0.15, -0.1) is 11.6 Å². The van der Waals surface area contributed by atoms with Crippen LogP contribution in [0, 0.1) is 0 Å². The van der Waals surface area contributed by atoms with E-state index in [2.05, 4.69) is 0 Å². The van der Waals surface area contributed by atoms with Gasteiger partial charge < -0.3 is 9.66 Å². The molecule has 2 unspecified atom stereocenters. The molecular weight excluding hydrogens is 296 g/mol. The van der Waals surface area contributed by atoms with Crippen LogP contribution in [0.4, 0.5) is 0 Å². The zero-order valence-corrected chi connectivity index (χ0v) is 12.3. The number of carboxylic acid groups (broad SMARTS) is 1. The van der Waals surface area contributed by atoms with E-state index in [-0.39, 0.29) is 0 Å². The average Bonchev–Trinajstić information content (AvgIpc) is 2.46. The summed E-state index contributed by atoms with van der Waals surface area (Å²) in [6.45, 7) is 0. The number of carbonyl (C=O) groups is 1. The molecule has 2 aromatic rings. The summed E-state index contributed by atoms with van der Waals surface area (Å²) in [6, 6.07) is 14.5. The number of hydrogen-bond donors (Lipinski definition) is 1. The van der Waals surface area contributed by atoms with Gasteiger partial charge in [0.15, 0.2) is 10.3 Å². The van der Waals surface area contributed by atoms with Crippen LogP contribution in [0.3, 0.4) is 0 Å². The standard InChI is InChI=1S/C15H13ClO3S/c1-20(19)13-8-6-11(7-9-13)10-2-4-12(5-3-10)14(16)15(17)18/h2-9,14H,1H3,(H,17,18). The lowest BCUT2D eigenvalue weighted by molar-refractivity contribution is -0.136. The molecule has 0 aliphatic rings. The van der Waals surface area contributed by atoms with E-state index in [0.29, 0.717) is 5.56 Å². The maximum absolute atomic E-state index is 11.3. The Morgan fingerprint density at radius 3 is 1.95 bits per heavy atom. The summed E-state index contributed by atoms with van der Waals surface area (Å²) < 4.78 is 11.3. The van der Waals surface area contributed by atoms with Gasteiger partial charge in [0.2, 0.25) is 0 Å². The summed E-state index contributed by atoms with van der Waals surface area (Å²) in [4.78, 5) is 11.6. The topological polar surface area (TPSA) is 60.4 Å². The molecule has 0 spiro atoms. The minimum atomic E-state index is -1.06. The zero-order valence-electron chi connectivity index (χ0n) is 10.7. The Hall–Kier alpha value is -1.49. The Balaban J connectivity index is 2.23. The molecule has 0 saturated carbocycles. The van der Waals surface area contributed by atoms with Crippen molar-refractivity contribution in [1.29, 1.82) is 0 Å². The fraction of sp³-hybridized carbons (Fsp3) is 0.133. The number of benzene rings is 2. The number of hydrogen-bond acceptors (Lipinski definition) is 2. The fourth-order valence-corrected chi connectivity index (χ4v) is 2.49. The van der Waals surface area contributed by atoms with Crippen LogP contribution in [0.1, 0.15) is 10.9 Å². The Bertz CT molecular complexity index is 594. The van der Waals surface area contributed by atoms with Gasteiger partial charge in [-0.3, -0.25) is 4.79 Å². The Morgan fingerprint density at radius 2 is 1.55 bits per heavy atom. The molecule has 2 atom stereocenters. The monoisotopic (exact) mass is 308 g/mol. The quantitative estimate of drug-likeness (QED) is 0.695. The molecule has 0 fully saturated rings. The van der Waals surface area contributed by atoms with Crippen LogP contribution in [0.2, 0.25) is 0 Å². The van der Waals surface area contributed by atoms with Gasteiger partial charge in [0.25, 0.3) is 0 Å². The lowest BCUT2D eigenvalue weighted by Crippen LogP contribution is -2.04. The first-order valence-corrected chi connectivity index (χ1v) is 7.89. The smallest absolute Gasteiger partial charge is 0.326 e. The molecule has 20 heavy (non-hydrogen) atoms. The van der Waals surface area contributed by atoms with Crippen molar-refractivity contribution in [3.05, 3.63) is 54.1 Å². The third kappa shape index (κ3) is 3.33. The second-order valence-electron chi connectivity index (χ2n) is 4.30. The normalized spacial score (nSPS) is 13.8. The summed E-state index contributed by atoms with van der Waals surface area (Å²) in [7, 11) is 0. The van der Waals surface area contributed by atoms with Crippen LogP contribution in [0.25, 0.3) is 11.1 Å². The second-order valence-corrected chi connectivity index (χ2v) is 6.12. The van der Waals surface area contributed by atoms with Gasteiger partial charge in [-0.05, 0) is 52.1 Å². The van der Waals surface area contributed by atoms with Crippen LogP contribution >= 0.6 is 11.6 Å². The first kappa shape index (κ1) is 14.9. The fourth-order valence-electron chi connectivity index (χ4n) is 1.83. The van der Waals surface area contributed by atoms with Gasteiger partial charge >= 0.3 is 5.97 Å². The molecule has 0 aromatic heterocycles. The molecule has 0 aliphatic heterocycles. The number of halogens is 1. The van der Waals surface area contributed by atoms with Crippen LogP contribution in [-0.2, 0) is 16.0 Å². The van der Waals surface area contributed by atoms with Gasteiger partial charge in [0.1, 0.15) is 6.26 Å². The number of aliphatic carboxylic acids is 1. The second kappa shape index (κ2) is 6.31. The highest BCUT2D eigenvalue weighted by atomic mass is 35.5. The average molecular weight is 309 g/mol. The van der Waals surface area contributed by atoms with Crippen LogP contribution in [-0.4, -0.2) is 21.9 Å². The first-order valence-electron chi connectivity index (χ1n) is 5.90. The molecule has 5 heteroatoms. The van der Waals surface area contributed by atoms with Crippen molar-refractivity contribution in [2.45, 2.75) is 10.3 Å². The zero-order chi connectivity index (χ0) is 14.7. The minimum absolute atomic E-state index is 0.550. The lowest BCUT2D eigenvalue weighted by Gasteiger charge is -2.08. The van der Waals surface area contributed by atoms with E-state index in [1.165, 1.54) is 0 Å². The van der Waals surface area contributed by atoms with Crippen molar-refractivity contribution in [2.75, 3.05) is 6.26 Å². The highest BCUT2D eigenvalue weighted by molar-refractivity contribution is 7.90. The summed E-state index contributed by atoms with van der Waals surface area (Å²) in [5.41, 5.74) is 2.48. The minimum Gasteiger partial charge on any atom is -0.612 e. The number of carboxylic acids is 1. The van der Waals surface area contributed by atoms with Crippen molar-refractivity contribution in [2.24, 2.45) is 0 Å². The summed E-state index contributed by atoms with van der Waals surface area (Å²) in [6.07, 6.45) is 1.64. The molecule has 0 radical (unpaired) electrons. The maximum atomic E-state index is 11.3. The van der Waals surface area contributed by atoms with Crippen molar-refractivity contribution in [3.8, 4) is 11.1 Å². The third-order valence-electron chi connectivity index (χ3n) is 2.94. The van der Waals surface area contributed by atoms with Crippen molar-refractivity contribution in [3.63, 3.8) is 0 Å². The van der Waals surface area contributed by atoms with Crippen LogP contribution in [0.15, 0.2) is 53.4 Å². The van der Waals surface area contributed by atoms with E-state index in [4.69, 9.17) is 16.7 Å². The van der Waals surface area contributed by atoms with Gasteiger partial charge in [-0.1, -0.05) is 24.3 Å². The number of alkyl halides is 1. The highest BCUT2D eigenvalue weighted by Gasteiger charge is 2.15. The Kier molecular flexibility index (Phi) is 4.70. The molecule has 0 saturated heterocycles. The van der Waals surface area contributed by atoms with E-state index >= 15 is 0 Å². The molecular formula is C15H13ClO3S. The molecule has 0 amide bonds. The summed E-state index contributed by atoms with van der Waals surface area (Å²) >= 11 is 4.77. The Morgan fingerprint density at radius 1 is 1.10 bits per heavy atom. The van der Waals surface area contributed by atoms with Gasteiger partial charge in [-0.2, -0.15) is 0 Å². The molecule has 2 rings (SSSR count). The third-order valence-corrected chi connectivity index (χ3v) is 4.31. The largest absolute Gasteiger partial charge is 0.612 e. The van der Waals surface area contributed by atoms with Crippen LogP contribution in [0.5, 0.6) is 0 Å². The lowest BCUT2D eigenvalue weighted by atomic mass is 10.0.